The number of anilines is 1. The predicted octanol–water partition coefficient (Wildman–Crippen LogP) is 3.39. The molecule has 2 aromatic heterocycles. The molecule has 19 heavy (non-hydrogen) atoms. The number of rotatable bonds is 3. The molecule has 0 radical (unpaired) electrons. The van der Waals surface area contributed by atoms with Crippen molar-refractivity contribution >= 4 is 44.2 Å². The molecule has 6 heteroatoms. The fraction of sp³-hybridized carbons (Fsp3) is 0.231. The lowest BCUT2D eigenvalue weighted by molar-refractivity contribution is 0.715. The van der Waals surface area contributed by atoms with Gasteiger partial charge in [-0.1, -0.05) is 15.9 Å². The third-order valence-electron chi connectivity index (χ3n) is 3.00. The summed E-state index contributed by atoms with van der Waals surface area (Å²) in [5.41, 5.74) is 9.08. The monoisotopic (exact) mass is 336 g/mol. The fourth-order valence-corrected chi connectivity index (χ4v) is 3.10. The molecular weight excluding hydrogens is 324 g/mol. The molecule has 98 valence electrons. The molecule has 0 amide bonds. The summed E-state index contributed by atoms with van der Waals surface area (Å²) in [7, 11) is 0. The molecule has 0 saturated heterocycles. The first-order valence-electron chi connectivity index (χ1n) is 5.96. The van der Waals surface area contributed by atoms with Gasteiger partial charge in [0.1, 0.15) is 0 Å². The number of benzene rings is 1. The van der Waals surface area contributed by atoms with Crippen LogP contribution in [-0.2, 0) is 13.0 Å². The van der Waals surface area contributed by atoms with Gasteiger partial charge >= 0.3 is 0 Å². The van der Waals surface area contributed by atoms with E-state index in [9.17, 15) is 0 Å². The quantitative estimate of drug-likeness (QED) is 0.797. The van der Waals surface area contributed by atoms with Gasteiger partial charge in [-0.05, 0) is 25.1 Å². The standard InChI is InChI=1S/C13H13BrN4S/c1-8-16-10(7-19-8)4-5-18-12-6-9(14)2-3-11(12)17-13(18)15/h2-3,6-7H,4-5H2,1H3,(H2,15,17). The first-order valence-corrected chi connectivity index (χ1v) is 7.63. The van der Waals surface area contributed by atoms with Gasteiger partial charge in [0.05, 0.1) is 21.7 Å². The Labute approximate surface area is 123 Å². The Kier molecular flexibility index (Phi) is 3.28. The first kappa shape index (κ1) is 12.6. The molecule has 0 aliphatic heterocycles. The zero-order chi connectivity index (χ0) is 13.4. The first-order chi connectivity index (χ1) is 9.13. The molecule has 2 heterocycles. The Morgan fingerprint density at radius 2 is 2.21 bits per heavy atom. The number of aryl methyl sites for hydroxylation is 3. The highest BCUT2D eigenvalue weighted by molar-refractivity contribution is 9.10. The van der Waals surface area contributed by atoms with Crippen LogP contribution in [0.25, 0.3) is 11.0 Å². The molecule has 1 aromatic carbocycles. The summed E-state index contributed by atoms with van der Waals surface area (Å²) >= 11 is 5.16. The Balaban J connectivity index is 1.91. The lowest BCUT2D eigenvalue weighted by Crippen LogP contribution is -2.05. The van der Waals surface area contributed by atoms with E-state index in [1.165, 1.54) is 0 Å². The number of halogens is 1. The van der Waals surface area contributed by atoms with Crippen molar-refractivity contribution in [3.05, 3.63) is 38.8 Å². The number of nitrogens with zero attached hydrogens (tertiary/aromatic N) is 3. The maximum Gasteiger partial charge on any atom is 0.201 e. The number of hydrogen-bond acceptors (Lipinski definition) is 4. The Morgan fingerprint density at radius 1 is 1.37 bits per heavy atom. The van der Waals surface area contributed by atoms with Crippen molar-refractivity contribution in [1.82, 2.24) is 14.5 Å². The zero-order valence-corrected chi connectivity index (χ0v) is 12.8. The van der Waals surface area contributed by atoms with Crippen molar-refractivity contribution in [2.75, 3.05) is 5.73 Å². The highest BCUT2D eigenvalue weighted by Gasteiger charge is 2.09. The van der Waals surface area contributed by atoms with Gasteiger partial charge in [0.15, 0.2) is 0 Å². The van der Waals surface area contributed by atoms with Crippen molar-refractivity contribution in [3.8, 4) is 0 Å². The predicted molar refractivity (Wildman–Crippen MR) is 82.4 cm³/mol. The summed E-state index contributed by atoms with van der Waals surface area (Å²) in [6.07, 6.45) is 0.868. The lowest BCUT2D eigenvalue weighted by Gasteiger charge is -2.05. The second kappa shape index (κ2) is 4.94. The molecule has 4 nitrogen and oxygen atoms in total. The summed E-state index contributed by atoms with van der Waals surface area (Å²) in [4.78, 5) is 8.85. The van der Waals surface area contributed by atoms with Crippen LogP contribution >= 0.6 is 27.3 Å². The molecule has 0 saturated carbocycles. The van der Waals surface area contributed by atoms with Gasteiger partial charge in [-0.2, -0.15) is 0 Å². The van der Waals surface area contributed by atoms with Crippen molar-refractivity contribution < 1.29 is 0 Å². The number of imidazole rings is 1. The topological polar surface area (TPSA) is 56.7 Å². The van der Waals surface area contributed by atoms with Crippen LogP contribution in [0.1, 0.15) is 10.7 Å². The van der Waals surface area contributed by atoms with Gasteiger partial charge < -0.3 is 10.3 Å². The molecule has 3 rings (SSSR count). The molecule has 0 atom stereocenters. The number of nitrogen functional groups attached to an aromatic ring is 1. The largest absolute Gasteiger partial charge is 0.369 e. The molecule has 0 spiro atoms. The van der Waals surface area contributed by atoms with Gasteiger partial charge in [-0.15, -0.1) is 11.3 Å². The maximum atomic E-state index is 5.99. The number of aromatic nitrogens is 3. The smallest absolute Gasteiger partial charge is 0.201 e. The summed E-state index contributed by atoms with van der Waals surface area (Å²) in [5, 5.41) is 3.20. The molecule has 2 N–H and O–H groups in total. The maximum absolute atomic E-state index is 5.99. The van der Waals surface area contributed by atoms with E-state index in [0.29, 0.717) is 5.95 Å². The Hall–Kier alpha value is -1.40. The average molecular weight is 337 g/mol. The van der Waals surface area contributed by atoms with Crippen molar-refractivity contribution in [2.45, 2.75) is 19.9 Å². The fourth-order valence-electron chi connectivity index (χ4n) is 2.10. The van der Waals surface area contributed by atoms with E-state index in [4.69, 9.17) is 5.73 Å². The van der Waals surface area contributed by atoms with E-state index in [0.717, 1.165) is 39.2 Å². The van der Waals surface area contributed by atoms with E-state index in [-0.39, 0.29) is 0 Å². The number of fused-ring (bicyclic) bond motifs is 1. The van der Waals surface area contributed by atoms with Crippen molar-refractivity contribution in [1.29, 1.82) is 0 Å². The highest BCUT2D eigenvalue weighted by atomic mass is 79.9. The third kappa shape index (κ3) is 2.50. The molecular formula is C13H13BrN4S. The summed E-state index contributed by atoms with van der Waals surface area (Å²) in [5.74, 6) is 0.556. The van der Waals surface area contributed by atoms with Gasteiger partial charge in [0, 0.05) is 22.8 Å². The average Bonchev–Trinajstić information content (AvgIpc) is 2.90. The van der Waals surface area contributed by atoms with E-state index in [1.807, 2.05) is 29.7 Å². The van der Waals surface area contributed by atoms with Crippen molar-refractivity contribution in [3.63, 3.8) is 0 Å². The second-order valence-corrected chi connectivity index (χ2v) is 6.34. The van der Waals surface area contributed by atoms with Crippen LogP contribution in [0.2, 0.25) is 0 Å². The van der Waals surface area contributed by atoms with Gasteiger partial charge in [0.2, 0.25) is 5.95 Å². The number of thiazole rings is 1. The van der Waals surface area contributed by atoms with Gasteiger partial charge in [-0.3, -0.25) is 0 Å². The molecule has 0 bridgehead atoms. The third-order valence-corrected chi connectivity index (χ3v) is 4.31. The molecule has 3 aromatic rings. The highest BCUT2D eigenvalue weighted by Crippen LogP contribution is 2.22. The van der Waals surface area contributed by atoms with Gasteiger partial charge in [-0.25, -0.2) is 9.97 Å². The van der Waals surface area contributed by atoms with E-state index >= 15 is 0 Å². The van der Waals surface area contributed by atoms with Crippen LogP contribution in [0.15, 0.2) is 28.1 Å². The van der Waals surface area contributed by atoms with Crippen LogP contribution in [0, 0.1) is 6.92 Å². The molecule has 0 aliphatic rings. The number of hydrogen-bond donors (Lipinski definition) is 1. The van der Waals surface area contributed by atoms with E-state index in [1.54, 1.807) is 11.3 Å². The lowest BCUT2D eigenvalue weighted by atomic mass is 10.3. The number of nitrogens with two attached hydrogens (primary N) is 1. The minimum atomic E-state index is 0.556. The SMILES string of the molecule is Cc1nc(CCn2c(N)nc3ccc(Br)cc32)cs1. The van der Waals surface area contributed by atoms with E-state index < -0.39 is 0 Å². The van der Waals surface area contributed by atoms with Crippen LogP contribution in [0.4, 0.5) is 5.95 Å². The summed E-state index contributed by atoms with van der Waals surface area (Å²) in [6.45, 7) is 2.81. The summed E-state index contributed by atoms with van der Waals surface area (Å²) in [6, 6.07) is 5.99. The second-order valence-electron chi connectivity index (χ2n) is 4.36. The molecule has 0 unspecified atom stereocenters. The van der Waals surface area contributed by atoms with Crippen LogP contribution in [0.3, 0.4) is 0 Å². The van der Waals surface area contributed by atoms with Gasteiger partial charge in [0.25, 0.3) is 0 Å². The summed E-state index contributed by atoms with van der Waals surface area (Å²) < 4.78 is 3.07. The van der Waals surface area contributed by atoms with Crippen LogP contribution in [0.5, 0.6) is 0 Å². The normalized spacial score (nSPS) is 11.3. The zero-order valence-electron chi connectivity index (χ0n) is 10.4. The molecule has 0 fully saturated rings. The Morgan fingerprint density at radius 3 is 2.95 bits per heavy atom. The van der Waals surface area contributed by atoms with Crippen LogP contribution in [-0.4, -0.2) is 14.5 Å². The molecule has 0 aliphatic carbocycles. The van der Waals surface area contributed by atoms with Crippen LogP contribution < -0.4 is 5.73 Å². The minimum Gasteiger partial charge on any atom is -0.369 e. The Bertz CT molecular complexity index is 731. The van der Waals surface area contributed by atoms with E-state index in [2.05, 4.69) is 31.3 Å². The minimum absolute atomic E-state index is 0.556. The van der Waals surface area contributed by atoms with Crippen molar-refractivity contribution in [2.24, 2.45) is 0 Å².